The summed E-state index contributed by atoms with van der Waals surface area (Å²) in [7, 11) is -3.42. The van der Waals surface area contributed by atoms with Crippen LogP contribution in [0.2, 0.25) is 4.34 Å². The van der Waals surface area contributed by atoms with E-state index in [1.54, 1.807) is 27.8 Å². The number of piperidine rings is 1. The highest BCUT2D eigenvalue weighted by Gasteiger charge is 2.32. The molecule has 1 aliphatic heterocycles. The third-order valence-electron chi connectivity index (χ3n) is 5.37. The Morgan fingerprint density at radius 1 is 1.08 bits per heavy atom. The molecule has 2 aromatic heterocycles. The van der Waals surface area contributed by atoms with Crippen LogP contribution in [-0.2, 0) is 16.4 Å². The molecular formula is C17H22ClN3O2S3. The molecule has 0 aromatic carbocycles. The van der Waals surface area contributed by atoms with Crippen molar-refractivity contribution in [1.29, 1.82) is 0 Å². The average Bonchev–Trinajstić information content (AvgIpc) is 3.38. The van der Waals surface area contributed by atoms with Gasteiger partial charge < -0.3 is 0 Å². The van der Waals surface area contributed by atoms with Gasteiger partial charge in [-0.1, -0.05) is 37.3 Å². The van der Waals surface area contributed by atoms with Crippen LogP contribution < -0.4 is 0 Å². The molecule has 1 saturated carbocycles. The van der Waals surface area contributed by atoms with Gasteiger partial charge in [-0.15, -0.1) is 32.9 Å². The molecule has 3 heterocycles. The molecule has 0 N–H and O–H groups in total. The lowest BCUT2D eigenvalue weighted by Gasteiger charge is -2.29. The van der Waals surface area contributed by atoms with Crippen molar-refractivity contribution < 1.29 is 8.42 Å². The second-order valence-corrected chi connectivity index (χ2v) is 12.1. The van der Waals surface area contributed by atoms with Crippen molar-refractivity contribution in [2.45, 2.75) is 55.1 Å². The molecule has 142 valence electrons. The molecule has 2 fully saturated rings. The number of aromatic nitrogens is 2. The summed E-state index contributed by atoms with van der Waals surface area (Å²) in [6, 6.07) is 3.23. The van der Waals surface area contributed by atoms with Crippen molar-refractivity contribution in [3.05, 3.63) is 26.5 Å². The minimum absolute atomic E-state index is 0.322. The average molecular weight is 432 g/mol. The van der Waals surface area contributed by atoms with Crippen molar-refractivity contribution in [2.24, 2.45) is 5.92 Å². The minimum Gasteiger partial charge on any atom is -0.206 e. The quantitative estimate of drug-likeness (QED) is 0.696. The van der Waals surface area contributed by atoms with Gasteiger partial charge in [0.25, 0.3) is 10.0 Å². The molecule has 2 aliphatic rings. The van der Waals surface area contributed by atoms with Crippen LogP contribution >= 0.6 is 34.3 Å². The standard InChI is InChI=1S/C17H22ClN3O2S3/c18-14-5-6-16(24-14)26(22,23)21-9-7-13(8-10-21)17-20-19-15(25-17)11-12-3-1-2-4-12/h5-6,12-13H,1-4,7-11H2. The third-order valence-corrected chi connectivity index (χ3v) is 10.1. The molecule has 9 heteroatoms. The Kier molecular flexibility index (Phi) is 5.66. The van der Waals surface area contributed by atoms with E-state index in [9.17, 15) is 8.42 Å². The predicted molar refractivity (Wildman–Crippen MR) is 106 cm³/mol. The zero-order valence-electron chi connectivity index (χ0n) is 14.4. The van der Waals surface area contributed by atoms with Gasteiger partial charge in [-0.05, 0) is 30.9 Å². The van der Waals surface area contributed by atoms with Gasteiger partial charge in [0.15, 0.2) is 0 Å². The maximum atomic E-state index is 12.7. The number of thiophene rings is 1. The fourth-order valence-electron chi connectivity index (χ4n) is 3.88. The number of rotatable bonds is 5. The molecule has 1 saturated heterocycles. The van der Waals surface area contributed by atoms with E-state index < -0.39 is 10.0 Å². The van der Waals surface area contributed by atoms with E-state index >= 15 is 0 Å². The first-order valence-corrected chi connectivity index (χ1v) is 12.6. The molecule has 2 aromatic rings. The van der Waals surface area contributed by atoms with Crippen molar-refractivity contribution in [3.63, 3.8) is 0 Å². The highest BCUT2D eigenvalue weighted by atomic mass is 35.5. The van der Waals surface area contributed by atoms with Crippen LogP contribution in [0.25, 0.3) is 0 Å². The predicted octanol–water partition coefficient (Wildman–Crippen LogP) is 4.55. The molecule has 26 heavy (non-hydrogen) atoms. The molecule has 0 amide bonds. The fourth-order valence-corrected chi connectivity index (χ4v) is 8.12. The van der Waals surface area contributed by atoms with Gasteiger partial charge in [-0.25, -0.2) is 8.42 Å². The smallest absolute Gasteiger partial charge is 0.206 e. The van der Waals surface area contributed by atoms with Crippen molar-refractivity contribution in [1.82, 2.24) is 14.5 Å². The SMILES string of the molecule is O=S(=O)(c1ccc(Cl)s1)N1CCC(c2nnc(CC3CCCC3)s2)CC1. The molecule has 0 radical (unpaired) electrons. The first-order valence-electron chi connectivity index (χ1n) is 9.10. The van der Waals surface area contributed by atoms with Gasteiger partial charge in [0.1, 0.15) is 14.2 Å². The summed E-state index contributed by atoms with van der Waals surface area (Å²) in [6.45, 7) is 1.06. The Bertz CT molecular complexity index is 850. The van der Waals surface area contributed by atoms with E-state index in [1.165, 1.54) is 25.7 Å². The van der Waals surface area contributed by atoms with Crippen LogP contribution in [0.15, 0.2) is 16.3 Å². The van der Waals surface area contributed by atoms with Gasteiger partial charge in [-0.2, -0.15) is 4.31 Å². The molecule has 5 nitrogen and oxygen atoms in total. The van der Waals surface area contributed by atoms with Crippen LogP contribution in [0.3, 0.4) is 0 Å². The van der Waals surface area contributed by atoms with E-state index in [0.29, 0.717) is 27.6 Å². The van der Waals surface area contributed by atoms with Gasteiger partial charge in [0.05, 0.1) is 4.34 Å². The molecule has 0 atom stereocenters. The van der Waals surface area contributed by atoms with Crippen LogP contribution in [0.5, 0.6) is 0 Å². The number of hydrogen-bond donors (Lipinski definition) is 0. The monoisotopic (exact) mass is 431 g/mol. The second-order valence-electron chi connectivity index (χ2n) is 7.13. The van der Waals surface area contributed by atoms with Crippen LogP contribution in [0.1, 0.15) is 54.5 Å². The van der Waals surface area contributed by atoms with Crippen molar-refractivity contribution >= 4 is 44.3 Å². The van der Waals surface area contributed by atoms with Crippen LogP contribution in [-0.4, -0.2) is 36.0 Å². The van der Waals surface area contributed by atoms with Gasteiger partial charge >= 0.3 is 0 Å². The highest BCUT2D eigenvalue weighted by molar-refractivity contribution is 7.91. The topological polar surface area (TPSA) is 63.2 Å². The normalized spacial score (nSPS) is 20.8. The maximum Gasteiger partial charge on any atom is 0.252 e. The number of hydrogen-bond acceptors (Lipinski definition) is 6. The zero-order valence-corrected chi connectivity index (χ0v) is 17.6. The summed E-state index contributed by atoms with van der Waals surface area (Å²) < 4.78 is 27.8. The largest absolute Gasteiger partial charge is 0.252 e. The van der Waals surface area contributed by atoms with E-state index in [4.69, 9.17) is 11.6 Å². The molecule has 4 rings (SSSR count). The fraction of sp³-hybridized carbons (Fsp3) is 0.647. The lowest BCUT2D eigenvalue weighted by atomic mass is 9.99. The Morgan fingerprint density at radius 2 is 1.81 bits per heavy atom. The van der Waals surface area contributed by atoms with Crippen molar-refractivity contribution in [3.8, 4) is 0 Å². The molecular weight excluding hydrogens is 410 g/mol. The van der Waals surface area contributed by atoms with E-state index in [2.05, 4.69) is 10.2 Å². The summed E-state index contributed by atoms with van der Waals surface area (Å²) >= 11 is 8.74. The molecule has 1 aliphatic carbocycles. The molecule has 0 spiro atoms. The van der Waals surface area contributed by atoms with E-state index in [-0.39, 0.29) is 0 Å². The third kappa shape index (κ3) is 3.99. The van der Waals surface area contributed by atoms with Crippen molar-refractivity contribution in [2.75, 3.05) is 13.1 Å². The number of nitrogens with zero attached hydrogens (tertiary/aromatic N) is 3. The number of sulfonamides is 1. The summed E-state index contributed by atoms with van der Waals surface area (Å²) in [5.74, 6) is 1.10. The van der Waals surface area contributed by atoms with E-state index in [1.807, 2.05) is 0 Å². The van der Waals surface area contributed by atoms with Gasteiger partial charge in [-0.3, -0.25) is 0 Å². The zero-order chi connectivity index (χ0) is 18.1. The van der Waals surface area contributed by atoms with Crippen LogP contribution in [0.4, 0.5) is 0 Å². The first kappa shape index (κ1) is 18.8. The Labute approximate surface area is 167 Å². The highest BCUT2D eigenvalue weighted by Crippen LogP contribution is 2.35. The summed E-state index contributed by atoms with van der Waals surface area (Å²) in [4.78, 5) is 0. The first-order chi connectivity index (χ1) is 12.5. The Morgan fingerprint density at radius 3 is 2.46 bits per heavy atom. The van der Waals surface area contributed by atoms with Gasteiger partial charge in [0, 0.05) is 25.4 Å². The maximum absolute atomic E-state index is 12.7. The minimum atomic E-state index is -3.42. The van der Waals surface area contributed by atoms with E-state index in [0.717, 1.165) is 46.5 Å². The second kappa shape index (κ2) is 7.83. The lowest BCUT2D eigenvalue weighted by molar-refractivity contribution is 0.319. The van der Waals surface area contributed by atoms with Crippen LogP contribution in [0, 0.1) is 5.92 Å². The lowest BCUT2D eigenvalue weighted by Crippen LogP contribution is -2.37. The Hall–Kier alpha value is -0.540. The summed E-state index contributed by atoms with van der Waals surface area (Å²) in [6.07, 6.45) is 7.99. The molecule has 0 unspecified atom stereocenters. The summed E-state index contributed by atoms with van der Waals surface area (Å²) in [5, 5.41) is 11.0. The Balaban J connectivity index is 1.37. The molecule has 0 bridgehead atoms. The summed E-state index contributed by atoms with van der Waals surface area (Å²) in [5.41, 5.74) is 0. The number of halogens is 1. The van der Waals surface area contributed by atoms with Gasteiger partial charge in [0.2, 0.25) is 0 Å².